The van der Waals surface area contributed by atoms with Crippen molar-refractivity contribution in [1.29, 1.82) is 0 Å². The second-order valence-electron chi connectivity index (χ2n) is 5.55. The first-order chi connectivity index (χ1) is 10.1. The van der Waals surface area contributed by atoms with Gasteiger partial charge in [-0.25, -0.2) is 0 Å². The largest absolute Gasteiger partial charge is 0.455 e. The van der Waals surface area contributed by atoms with E-state index in [0.717, 1.165) is 12.8 Å². The van der Waals surface area contributed by atoms with Gasteiger partial charge in [-0.1, -0.05) is 29.8 Å². The molecule has 3 rings (SSSR count). The van der Waals surface area contributed by atoms with Crippen LogP contribution in [-0.4, -0.2) is 18.5 Å². The molecule has 0 aliphatic heterocycles. The van der Waals surface area contributed by atoms with Gasteiger partial charge in [0, 0.05) is 10.7 Å². The fraction of sp³-hybridized carbons (Fsp3) is 0.375. The van der Waals surface area contributed by atoms with E-state index in [-0.39, 0.29) is 24.4 Å². The number of rotatable bonds is 4. The van der Waals surface area contributed by atoms with Gasteiger partial charge in [-0.2, -0.15) is 0 Å². The van der Waals surface area contributed by atoms with Crippen LogP contribution in [0.15, 0.2) is 36.4 Å². The number of amides is 1. The molecule has 1 saturated carbocycles. The Morgan fingerprint density at radius 1 is 1.29 bits per heavy atom. The van der Waals surface area contributed by atoms with Crippen molar-refractivity contribution in [3.8, 4) is 0 Å². The number of esters is 1. The third kappa shape index (κ3) is 3.27. The SMILES string of the molecule is O=C(COC(=O)[C@@H]1C[C@@H]2C=C[C@@H]1C2)Nc1cccc(Cl)c1. The molecule has 1 amide bonds. The van der Waals surface area contributed by atoms with Crippen LogP contribution in [0.3, 0.4) is 0 Å². The average molecular weight is 306 g/mol. The van der Waals surface area contributed by atoms with E-state index in [1.54, 1.807) is 24.3 Å². The van der Waals surface area contributed by atoms with Crippen molar-refractivity contribution in [2.75, 3.05) is 11.9 Å². The summed E-state index contributed by atoms with van der Waals surface area (Å²) in [5.41, 5.74) is 0.589. The van der Waals surface area contributed by atoms with Crippen LogP contribution in [0.4, 0.5) is 5.69 Å². The highest BCUT2D eigenvalue weighted by Gasteiger charge is 2.40. The third-order valence-corrected chi connectivity index (χ3v) is 4.27. The zero-order valence-corrected chi connectivity index (χ0v) is 12.2. The van der Waals surface area contributed by atoms with Crippen LogP contribution in [0.5, 0.6) is 0 Å². The lowest BCUT2D eigenvalue weighted by Crippen LogP contribution is -2.26. The van der Waals surface area contributed by atoms with Crippen molar-refractivity contribution in [3.05, 3.63) is 41.4 Å². The Kier molecular flexibility index (Phi) is 3.97. The van der Waals surface area contributed by atoms with E-state index in [4.69, 9.17) is 16.3 Å². The summed E-state index contributed by atoms with van der Waals surface area (Å²) in [5, 5.41) is 3.19. The minimum atomic E-state index is -0.357. The lowest BCUT2D eigenvalue weighted by atomic mass is 9.94. The lowest BCUT2D eigenvalue weighted by molar-refractivity contribution is -0.152. The van der Waals surface area contributed by atoms with Gasteiger partial charge in [0.2, 0.25) is 0 Å². The molecule has 5 heteroatoms. The smallest absolute Gasteiger partial charge is 0.310 e. The van der Waals surface area contributed by atoms with Crippen molar-refractivity contribution in [3.63, 3.8) is 0 Å². The summed E-state index contributed by atoms with van der Waals surface area (Å²) in [4.78, 5) is 23.7. The van der Waals surface area contributed by atoms with Crippen molar-refractivity contribution >= 4 is 29.2 Å². The molecule has 1 fully saturated rings. The first kappa shape index (κ1) is 14.1. The Morgan fingerprint density at radius 3 is 2.81 bits per heavy atom. The first-order valence-corrected chi connectivity index (χ1v) is 7.40. The Labute approximate surface area is 128 Å². The summed E-state index contributed by atoms with van der Waals surface area (Å²) in [5.74, 6) is 0.0858. The monoisotopic (exact) mass is 305 g/mol. The van der Waals surface area contributed by atoms with Gasteiger partial charge >= 0.3 is 5.97 Å². The summed E-state index contributed by atoms with van der Waals surface area (Å²) in [7, 11) is 0. The summed E-state index contributed by atoms with van der Waals surface area (Å²) in [6.07, 6.45) is 6.14. The molecule has 0 heterocycles. The molecule has 2 aliphatic carbocycles. The summed E-state index contributed by atoms with van der Waals surface area (Å²) < 4.78 is 5.12. The maximum atomic E-state index is 12.0. The highest BCUT2D eigenvalue weighted by atomic mass is 35.5. The molecule has 0 aromatic heterocycles. The van der Waals surface area contributed by atoms with E-state index < -0.39 is 0 Å². The quantitative estimate of drug-likeness (QED) is 0.687. The Morgan fingerprint density at radius 2 is 2.14 bits per heavy atom. The van der Waals surface area contributed by atoms with E-state index in [1.807, 2.05) is 0 Å². The Balaban J connectivity index is 1.47. The van der Waals surface area contributed by atoms with Gasteiger partial charge < -0.3 is 10.1 Å². The van der Waals surface area contributed by atoms with Crippen molar-refractivity contribution in [2.45, 2.75) is 12.8 Å². The number of carbonyl (C=O) groups is 2. The van der Waals surface area contributed by atoms with Crippen molar-refractivity contribution in [1.82, 2.24) is 0 Å². The number of ether oxygens (including phenoxy) is 1. The minimum Gasteiger partial charge on any atom is -0.455 e. The minimum absolute atomic E-state index is 0.0843. The molecule has 0 saturated heterocycles. The fourth-order valence-corrected chi connectivity index (χ4v) is 3.25. The van der Waals surface area contributed by atoms with Crippen LogP contribution < -0.4 is 5.32 Å². The number of halogens is 1. The molecule has 0 radical (unpaired) electrons. The number of benzene rings is 1. The highest BCUT2D eigenvalue weighted by Crippen LogP contribution is 2.43. The first-order valence-electron chi connectivity index (χ1n) is 7.02. The van der Waals surface area contributed by atoms with Gasteiger partial charge in [-0.05, 0) is 42.9 Å². The number of hydrogen-bond donors (Lipinski definition) is 1. The zero-order valence-electron chi connectivity index (χ0n) is 11.4. The number of carbonyl (C=O) groups excluding carboxylic acids is 2. The highest BCUT2D eigenvalue weighted by molar-refractivity contribution is 6.30. The molecule has 110 valence electrons. The van der Waals surface area contributed by atoms with Gasteiger partial charge in [0.15, 0.2) is 6.61 Å². The number of hydrogen-bond acceptors (Lipinski definition) is 3. The number of allylic oxidation sites excluding steroid dienone is 2. The van der Waals surface area contributed by atoms with Crippen LogP contribution in [-0.2, 0) is 14.3 Å². The molecular weight excluding hydrogens is 290 g/mol. The van der Waals surface area contributed by atoms with E-state index in [1.165, 1.54) is 0 Å². The summed E-state index contributed by atoms with van der Waals surface area (Å²) in [6.45, 7) is -0.261. The van der Waals surface area contributed by atoms with Gasteiger partial charge in [0.05, 0.1) is 5.92 Å². The van der Waals surface area contributed by atoms with Crippen LogP contribution in [0, 0.1) is 17.8 Å². The molecule has 1 aromatic rings. The molecule has 2 aliphatic rings. The van der Waals surface area contributed by atoms with Crippen LogP contribution in [0.25, 0.3) is 0 Å². The second kappa shape index (κ2) is 5.90. The topological polar surface area (TPSA) is 55.4 Å². The average Bonchev–Trinajstić information content (AvgIpc) is 3.07. The molecule has 3 atom stereocenters. The Hall–Kier alpha value is -1.81. The fourth-order valence-electron chi connectivity index (χ4n) is 3.06. The predicted molar refractivity (Wildman–Crippen MR) is 79.9 cm³/mol. The number of fused-ring (bicyclic) bond motifs is 2. The molecular formula is C16H16ClNO3. The Bertz CT molecular complexity index is 599. The standard InChI is InChI=1S/C16H16ClNO3/c17-12-2-1-3-13(8-12)18-15(19)9-21-16(20)14-7-10-4-5-11(14)6-10/h1-5,8,10-11,14H,6-7,9H2,(H,18,19)/t10-,11-,14-/m1/s1. The van der Waals surface area contributed by atoms with Crippen molar-refractivity contribution < 1.29 is 14.3 Å². The van der Waals surface area contributed by atoms with Crippen molar-refractivity contribution in [2.24, 2.45) is 17.8 Å². The predicted octanol–water partition coefficient (Wildman–Crippen LogP) is 3.03. The van der Waals surface area contributed by atoms with E-state index in [9.17, 15) is 9.59 Å². The van der Waals surface area contributed by atoms with Gasteiger partial charge in [-0.15, -0.1) is 0 Å². The molecule has 21 heavy (non-hydrogen) atoms. The lowest BCUT2D eigenvalue weighted by Gasteiger charge is -2.16. The summed E-state index contributed by atoms with van der Waals surface area (Å²) in [6, 6.07) is 6.83. The van der Waals surface area contributed by atoms with Gasteiger partial charge in [0.1, 0.15) is 0 Å². The normalized spacial score (nSPS) is 25.9. The molecule has 0 unspecified atom stereocenters. The molecule has 1 N–H and O–H groups in total. The third-order valence-electron chi connectivity index (χ3n) is 4.04. The maximum Gasteiger partial charge on any atom is 0.310 e. The number of anilines is 1. The van der Waals surface area contributed by atoms with Crippen LogP contribution in [0.2, 0.25) is 5.02 Å². The van der Waals surface area contributed by atoms with E-state index in [2.05, 4.69) is 17.5 Å². The molecule has 2 bridgehead atoms. The second-order valence-corrected chi connectivity index (χ2v) is 5.99. The van der Waals surface area contributed by atoms with Gasteiger partial charge in [0.25, 0.3) is 5.91 Å². The summed E-state index contributed by atoms with van der Waals surface area (Å²) >= 11 is 5.83. The van der Waals surface area contributed by atoms with Crippen LogP contribution >= 0.6 is 11.6 Å². The number of nitrogens with one attached hydrogen (secondary N) is 1. The van der Waals surface area contributed by atoms with Gasteiger partial charge in [-0.3, -0.25) is 9.59 Å². The molecule has 4 nitrogen and oxygen atoms in total. The zero-order chi connectivity index (χ0) is 14.8. The van der Waals surface area contributed by atoms with E-state index >= 15 is 0 Å². The molecule has 1 aromatic carbocycles. The van der Waals surface area contributed by atoms with Crippen LogP contribution in [0.1, 0.15) is 12.8 Å². The van der Waals surface area contributed by atoms with E-state index in [0.29, 0.717) is 22.5 Å². The maximum absolute atomic E-state index is 12.0. The molecule has 0 spiro atoms.